The van der Waals surface area contributed by atoms with Crippen molar-refractivity contribution in [1.82, 2.24) is 9.80 Å². The van der Waals surface area contributed by atoms with Crippen LogP contribution in [-0.2, 0) is 0 Å². The van der Waals surface area contributed by atoms with Crippen molar-refractivity contribution in [3.63, 3.8) is 0 Å². The first-order valence-corrected chi connectivity index (χ1v) is 6.03. The van der Waals surface area contributed by atoms with Crippen LogP contribution in [0.25, 0.3) is 0 Å². The Hall–Kier alpha value is -0.830. The van der Waals surface area contributed by atoms with Gasteiger partial charge in [0, 0.05) is 31.9 Å². The fraction of sp³-hybridized carbons (Fsp3) is 0.769. The molecule has 0 saturated carbocycles. The number of piperazine rings is 1. The Bertz CT molecular complexity index is 279. The van der Waals surface area contributed by atoms with Crippen molar-refractivity contribution in [3.05, 3.63) is 12.8 Å². The van der Waals surface area contributed by atoms with Crippen molar-refractivity contribution < 1.29 is 0 Å². The largest absolute Gasteiger partial charge is 0.361 e. The first-order chi connectivity index (χ1) is 7.39. The number of aliphatic imine (C=N–C) groups is 1. The van der Waals surface area contributed by atoms with Crippen molar-refractivity contribution in [3.8, 4) is 0 Å². The molecule has 92 valence electrons. The zero-order chi connectivity index (χ0) is 12.3. The Morgan fingerprint density at radius 2 is 2.00 bits per heavy atom. The Labute approximate surface area is 99.8 Å². The third-order valence-electron chi connectivity index (χ3n) is 3.95. The zero-order valence-corrected chi connectivity index (χ0v) is 11.3. The van der Waals surface area contributed by atoms with E-state index in [1.54, 1.807) is 6.20 Å². The van der Waals surface area contributed by atoms with Gasteiger partial charge in [-0.3, -0.25) is 4.90 Å². The Kier molecular flexibility index (Phi) is 4.14. The predicted molar refractivity (Wildman–Crippen MR) is 70.8 cm³/mol. The number of likely N-dealkylation sites (N-methyl/N-ethyl adjacent to an activating group) is 1. The van der Waals surface area contributed by atoms with Crippen LogP contribution in [0.1, 0.15) is 27.7 Å². The van der Waals surface area contributed by atoms with Crippen molar-refractivity contribution in [2.24, 2.45) is 10.9 Å². The zero-order valence-electron chi connectivity index (χ0n) is 11.3. The van der Waals surface area contributed by atoms with Gasteiger partial charge in [0.2, 0.25) is 0 Å². The lowest BCUT2D eigenvalue weighted by molar-refractivity contribution is 0.0737. The summed E-state index contributed by atoms with van der Waals surface area (Å²) >= 11 is 0. The monoisotopic (exact) mass is 223 g/mol. The van der Waals surface area contributed by atoms with Crippen LogP contribution in [0, 0.1) is 5.92 Å². The van der Waals surface area contributed by atoms with Gasteiger partial charge in [0.05, 0.1) is 6.54 Å². The molecular weight excluding hydrogens is 198 g/mol. The average molecular weight is 223 g/mol. The quantitative estimate of drug-likeness (QED) is 0.730. The van der Waals surface area contributed by atoms with E-state index in [-0.39, 0.29) is 5.54 Å². The number of hydrogen-bond donors (Lipinski definition) is 0. The highest BCUT2D eigenvalue weighted by atomic mass is 15.3. The molecule has 1 aliphatic heterocycles. The fourth-order valence-corrected chi connectivity index (χ4v) is 1.87. The minimum Gasteiger partial charge on any atom is -0.361 e. The summed E-state index contributed by atoms with van der Waals surface area (Å²) in [6.45, 7) is 15.9. The lowest BCUT2D eigenvalue weighted by Crippen LogP contribution is -2.58. The van der Waals surface area contributed by atoms with E-state index in [0.29, 0.717) is 5.92 Å². The van der Waals surface area contributed by atoms with Crippen molar-refractivity contribution in [2.45, 2.75) is 33.2 Å². The number of nitrogens with zero attached hydrogens (tertiary/aromatic N) is 3. The molecule has 1 rings (SSSR count). The second-order valence-electron chi connectivity index (χ2n) is 5.38. The molecule has 0 radical (unpaired) electrons. The van der Waals surface area contributed by atoms with Crippen LogP contribution in [0.15, 0.2) is 17.8 Å². The standard InChI is InChI=1S/C13H25N3/c1-7-14-12-10-16(9-8-15(12)6)13(4,5)11(2)3/h7,11H,1,8-10H2,2-6H3. The van der Waals surface area contributed by atoms with Crippen molar-refractivity contribution in [1.29, 1.82) is 0 Å². The summed E-state index contributed by atoms with van der Waals surface area (Å²) in [5.41, 5.74) is 0.225. The lowest BCUT2D eigenvalue weighted by atomic mass is 9.88. The lowest BCUT2D eigenvalue weighted by Gasteiger charge is -2.46. The van der Waals surface area contributed by atoms with Crippen molar-refractivity contribution in [2.75, 3.05) is 26.7 Å². The van der Waals surface area contributed by atoms with Crippen LogP contribution < -0.4 is 0 Å². The highest BCUT2D eigenvalue weighted by Crippen LogP contribution is 2.25. The highest BCUT2D eigenvalue weighted by Gasteiger charge is 2.33. The van der Waals surface area contributed by atoms with Crippen LogP contribution in [0.3, 0.4) is 0 Å². The molecule has 3 heteroatoms. The summed E-state index contributed by atoms with van der Waals surface area (Å²) in [6.07, 6.45) is 1.64. The average Bonchev–Trinajstić information content (AvgIpc) is 2.21. The Morgan fingerprint density at radius 3 is 2.50 bits per heavy atom. The second kappa shape index (κ2) is 5.00. The molecule has 16 heavy (non-hydrogen) atoms. The fourth-order valence-electron chi connectivity index (χ4n) is 1.87. The maximum atomic E-state index is 4.35. The summed E-state index contributed by atoms with van der Waals surface area (Å²) in [5, 5.41) is 0. The molecule has 0 atom stereocenters. The van der Waals surface area contributed by atoms with Crippen molar-refractivity contribution >= 4 is 5.84 Å². The van der Waals surface area contributed by atoms with Gasteiger partial charge in [0.1, 0.15) is 5.84 Å². The molecule has 0 aromatic rings. The molecule has 3 nitrogen and oxygen atoms in total. The summed E-state index contributed by atoms with van der Waals surface area (Å²) < 4.78 is 0. The van der Waals surface area contributed by atoms with E-state index < -0.39 is 0 Å². The molecular formula is C13H25N3. The van der Waals surface area contributed by atoms with E-state index in [2.05, 4.69) is 56.1 Å². The molecule has 0 aliphatic carbocycles. The summed E-state index contributed by atoms with van der Waals surface area (Å²) in [6, 6.07) is 0. The molecule has 1 aliphatic rings. The van der Waals surface area contributed by atoms with E-state index in [4.69, 9.17) is 0 Å². The van der Waals surface area contributed by atoms with Gasteiger partial charge < -0.3 is 4.90 Å². The van der Waals surface area contributed by atoms with E-state index in [0.717, 1.165) is 25.5 Å². The molecule has 1 saturated heterocycles. The number of amidine groups is 1. The summed E-state index contributed by atoms with van der Waals surface area (Å²) in [5.74, 6) is 1.76. The Balaban J connectivity index is 2.80. The number of rotatable bonds is 3. The van der Waals surface area contributed by atoms with Gasteiger partial charge in [-0.05, 0) is 19.8 Å². The third-order valence-corrected chi connectivity index (χ3v) is 3.95. The summed E-state index contributed by atoms with van der Waals surface area (Å²) in [4.78, 5) is 9.08. The first-order valence-electron chi connectivity index (χ1n) is 6.03. The van der Waals surface area contributed by atoms with E-state index >= 15 is 0 Å². The topological polar surface area (TPSA) is 18.8 Å². The molecule has 1 heterocycles. The SMILES string of the molecule is C=CN=C1CN(C(C)(C)C(C)C)CCN1C. The van der Waals surface area contributed by atoms with E-state index in [1.807, 2.05) is 0 Å². The third kappa shape index (κ3) is 2.64. The highest BCUT2D eigenvalue weighted by molar-refractivity contribution is 5.85. The first kappa shape index (κ1) is 13.2. The van der Waals surface area contributed by atoms with Gasteiger partial charge in [-0.15, -0.1) is 0 Å². The van der Waals surface area contributed by atoms with Gasteiger partial charge in [-0.25, -0.2) is 4.99 Å². The summed E-state index contributed by atoms with van der Waals surface area (Å²) in [7, 11) is 2.10. The minimum atomic E-state index is 0.225. The van der Waals surface area contributed by atoms with Gasteiger partial charge in [-0.1, -0.05) is 20.4 Å². The normalized spacial score (nSPS) is 21.9. The molecule has 0 unspecified atom stereocenters. The number of hydrogen-bond acceptors (Lipinski definition) is 2. The van der Waals surface area contributed by atoms with Gasteiger partial charge in [-0.2, -0.15) is 0 Å². The van der Waals surface area contributed by atoms with Crippen LogP contribution in [-0.4, -0.2) is 47.9 Å². The van der Waals surface area contributed by atoms with E-state index in [1.165, 1.54) is 0 Å². The van der Waals surface area contributed by atoms with Gasteiger partial charge in [0.15, 0.2) is 0 Å². The predicted octanol–water partition coefficient (Wildman–Crippen LogP) is 2.21. The molecule has 0 spiro atoms. The van der Waals surface area contributed by atoms with E-state index in [9.17, 15) is 0 Å². The Morgan fingerprint density at radius 1 is 1.38 bits per heavy atom. The smallest absolute Gasteiger partial charge is 0.118 e. The molecule has 0 amide bonds. The molecule has 0 aromatic heterocycles. The molecule has 0 aromatic carbocycles. The maximum absolute atomic E-state index is 4.35. The van der Waals surface area contributed by atoms with Crippen LogP contribution >= 0.6 is 0 Å². The minimum absolute atomic E-state index is 0.225. The molecule has 0 bridgehead atoms. The molecule has 1 fully saturated rings. The second-order valence-corrected chi connectivity index (χ2v) is 5.38. The van der Waals surface area contributed by atoms with Crippen LogP contribution in [0.4, 0.5) is 0 Å². The molecule has 0 N–H and O–H groups in total. The van der Waals surface area contributed by atoms with Gasteiger partial charge >= 0.3 is 0 Å². The van der Waals surface area contributed by atoms with Gasteiger partial charge in [0.25, 0.3) is 0 Å². The maximum Gasteiger partial charge on any atom is 0.118 e. The van der Waals surface area contributed by atoms with Crippen LogP contribution in [0.5, 0.6) is 0 Å². The van der Waals surface area contributed by atoms with Crippen LogP contribution in [0.2, 0.25) is 0 Å².